The third kappa shape index (κ3) is 1.93. The number of rotatable bonds is 0. The molecule has 3 saturated heterocycles. The van der Waals surface area contributed by atoms with Crippen LogP contribution in [0.5, 0.6) is 0 Å². The second kappa shape index (κ2) is 4.79. The number of cyclic esters (lactones) is 1. The maximum atomic E-state index is 11.8. The van der Waals surface area contributed by atoms with Crippen LogP contribution in [-0.2, 0) is 19.0 Å². The van der Waals surface area contributed by atoms with Gasteiger partial charge < -0.3 is 19.3 Å². The van der Waals surface area contributed by atoms with E-state index in [0.29, 0.717) is 23.9 Å². The molecule has 0 amide bonds. The minimum atomic E-state index is -1.20. The lowest BCUT2D eigenvalue weighted by atomic mass is 9.45. The summed E-state index contributed by atoms with van der Waals surface area (Å²) in [5, 5.41) is 10.4. The van der Waals surface area contributed by atoms with Gasteiger partial charge in [-0.15, -0.1) is 0 Å². The molecule has 5 heteroatoms. The molecule has 1 N–H and O–H groups in total. The van der Waals surface area contributed by atoms with Crippen LogP contribution in [0.25, 0.3) is 0 Å². The normalized spacial score (nSPS) is 56.4. The van der Waals surface area contributed by atoms with Crippen LogP contribution in [-0.4, -0.2) is 41.3 Å². The zero-order chi connectivity index (χ0) is 17.7. The van der Waals surface area contributed by atoms with E-state index in [-0.39, 0.29) is 29.5 Å². The Labute approximate surface area is 149 Å². The predicted octanol–water partition coefficient (Wildman–Crippen LogP) is 2.79. The maximum Gasteiger partial charge on any atom is 0.311 e. The third-order valence-electron chi connectivity index (χ3n) is 8.60. The highest BCUT2D eigenvalue weighted by Gasteiger charge is 2.71. The fourth-order valence-corrected chi connectivity index (χ4v) is 7.47. The van der Waals surface area contributed by atoms with E-state index in [2.05, 4.69) is 20.8 Å². The van der Waals surface area contributed by atoms with Gasteiger partial charge in [0.1, 0.15) is 0 Å². The number of ether oxygens (including phenoxy) is 3. The molecule has 25 heavy (non-hydrogen) atoms. The highest BCUT2D eigenvalue weighted by molar-refractivity contribution is 5.73. The van der Waals surface area contributed by atoms with E-state index in [4.69, 9.17) is 14.2 Å². The van der Waals surface area contributed by atoms with Crippen molar-refractivity contribution < 1.29 is 24.1 Å². The largest absolute Gasteiger partial charge is 0.432 e. The molecule has 5 fully saturated rings. The van der Waals surface area contributed by atoms with E-state index in [1.165, 1.54) is 25.7 Å². The van der Waals surface area contributed by atoms with Crippen LogP contribution in [0.3, 0.4) is 0 Å². The minimum Gasteiger partial charge on any atom is -0.432 e. The molecule has 0 aromatic heterocycles. The zero-order valence-corrected chi connectivity index (χ0v) is 15.5. The average molecular weight is 350 g/mol. The smallest absolute Gasteiger partial charge is 0.311 e. The van der Waals surface area contributed by atoms with Gasteiger partial charge in [0.2, 0.25) is 6.29 Å². The highest BCUT2D eigenvalue weighted by atomic mass is 16.7. The van der Waals surface area contributed by atoms with E-state index in [1.54, 1.807) is 0 Å². The summed E-state index contributed by atoms with van der Waals surface area (Å²) in [5.74, 6) is 0.755. The van der Waals surface area contributed by atoms with Gasteiger partial charge in [-0.05, 0) is 54.8 Å². The Morgan fingerprint density at radius 1 is 1.12 bits per heavy atom. The molecule has 2 saturated carbocycles. The first kappa shape index (κ1) is 16.5. The Morgan fingerprint density at radius 2 is 1.92 bits per heavy atom. The SMILES string of the molecule is CC1(C)CCC[C@@]2(C)[C@H]1CC[C@]13COC4(CC(=O)O[C@H]4O)[C@H](C[C@@H]12)O3. The van der Waals surface area contributed by atoms with Gasteiger partial charge in [0.25, 0.3) is 0 Å². The van der Waals surface area contributed by atoms with Crippen molar-refractivity contribution in [3.05, 3.63) is 0 Å². The van der Waals surface area contributed by atoms with Crippen molar-refractivity contribution in [2.24, 2.45) is 22.7 Å². The summed E-state index contributed by atoms with van der Waals surface area (Å²) in [7, 11) is 0. The first-order valence-electron chi connectivity index (χ1n) is 9.91. The van der Waals surface area contributed by atoms with Crippen molar-refractivity contribution in [1.29, 1.82) is 0 Å². The van der Waals surface area contributed by atoms with Gasteiger partial charge in [-0.2, -0.15) is 0 Å². The summed E-state index contributed by atoms with van der Waals surface area (Å²) in [4.78, 5) is 11.8. The molecule has 0 radical (unpaired) electrons. The molecular formula is C20H30O5. The van der Waals surface area contributed by atoms with Gasteiger partial charge in [0.15, 0.2) is 5.60 Å². The molecule has 1 unspecified atom stereocenters. The van der Waals surface area contributed by atoms with E-state index < -0.39 is 11.9 Å². The third-order valence-corrected chi connectivity index (χ3v) is 8.60. The summed E-state index contributed by atoms with van der Waals surface area (Å²) in [6.07, 6.45) is 5.56. The summed E-state index contributed by atoms with van der Waals surface area (Å²) < 4.78 is 17.9. The van der Waals surface area contributed by atoms with Crippen molar-refractivity contribution in [3.8, 4) is 0 Å². The summed E-state index contributed by atoms with van der Waals surface area (Å²) in [6.45, 7) is 7.80. The molecule has 5 aliphatic rings. The summed E-state index contributed by atoms with van der Waals surface area (Å²) in [6, 6.07) is 0. The number of aliphatic hydroxyl groups is 1. The van der Waals surface area contributed by atoms with E-state index in [9.17, 15) is 9.90 Å². The van der Waals surface area contributed by atoms with Crippen molar-refractivity contribution in [2.75, 3.05) is 6.61 Å². The number of esters is 1. The molecule has 2 bridgehead atoms. The number of hydrogen-bond acceptors (Lipinski definition) is 5. The maximum absolute atomic E-state index is 11.8. The van der Waals surface area contributed by atoms with Gasteiger partial charge in [-0.1, -0.05) is 27.2 Å². The minimum absolute atomic E-state index is 0.104. The standard InChI is InChI=1S/C20H30O5/c1-17(2)6-4-7-18(3)12(17)5-8-19-11-23-20(10-15(21)24-16(20)22)14(25-19)9-13(18)19/h12-14,16,22H,4-11H2,1-3H3/t12-,13+,14-,16+,18-,19-,20?/m0/s1. The predicted molar refractivity (Wildman–Crippen MR) is 89.6 cm³/mol. The van der Waals surface area contributed by atoms with Crippen molar-refractivity contribution in [1.82, 2.24) is 0 Å². The van der Waals surface area contributed by atoms with Crippen LogP contribution >= 0.6 is 0 Å². The molecule has 0 aromatic carbocycles. The van der Waals surface area contributed by atoms with Gasteiger partial charge in [-0.25, -0.2) is 0 Å². The second-order valence-corrected chi connectivity index (χ2v) is 10.2. The fourth-order valence-electron chi connectivity index (χ4n) is 7.47. The molecule has 3 heterocycles. The molecule has 5 nitrogen and oxygen atoms in total. The number of hydrogen-bond donors (Lipinski definition) is 1. The lowest BCUT2D eigenvalue weighted by Gasteiger charge is -2.61. The number of fused-ring (bicyclic) bond motifs is 4. The Kier molecular flexibility index (Phi) is 3.16. The molecule has 3 aliphatic heterocycles. The lowest BCUT2D eigenvalue weighted by Crippen LogP contribution is -2.62. The molecular weight excluding hydrogens is 320 g/mol. The molecule has 5 rings (SSSR count). The number of carbonyl (C=O) groups is 1. The van der Waals surface area contributed by atoms with Crippen LogP contribution in [0, 0.1) is 22.7 Å². The second-order valence-electron chi connectivity index (χ2n) is 10.2. The van der Waals surface area contributed by atoms with Gasteiger partial charge in [-0.3, -0.25) is 4.79 Å². The molecule has 2 aliphatic carbocycles. The van der Waals surface area contributed by atoms with Crippen LogP contribution < -0.4 is 0 Å². The highest BCUT2D eigenvalue weighted by Crippen LogP contribution is 2.68. The fraction of sp³-hybridized carbons (Fsp3) is 0.950. The summed E-state index contributed by atoms with van der Waals surface area (Å²) in [5.41, 5.74) is -0.608. The molecule has 140 valence electrons. The Bertz CT molecular complexity index is 617. The zero-order valence-electron chi connectivity index (χ0n) is 15.5. The van der Waals surface area contributed by atoms with Crippen molar-refractivity contribution in [3.63, 3.8) is 0 Å². The molecule has 7 atom stereocenters. The van der Waals surface area contributed by atoms with E-state index in [1.807, 2.05) is 0 Å². The first-order chi connectivity index (χ1) is 11.7. The topological polar surface area (TPSA) is 65.0 Å². The summed E-state index contributed by atoms with van der Waals surface area (Å²) >= 11 is 0. The quantitative estimate of drug-likeness (QED) is 0.681. The van der Waals surface area contributed by atoms with Crippen LogP contribution in [0.1, 0.15) is 65.7 Å². The monoisotopic (exact) mass is 350 g/mol. The van der Waals surface area contributed by atoms with Crippen molar-refractivity contribution >= 4 is 5.97 Å². The first-order valence-corrected chi connectivity index (χ1v) is 9.91. The number of aliphatic hydroxyl groups excluding tert-OH is 1. The Balaban J connectivity index is 1.51. The average Bonchev–Trinajstić information content (AvgIpc) is 3.00. The van der Waals surface area contributed by atoms with E-state index >= 15 is 0 Å². The molecule has 2 spiro atoms. The van der Waals surface area contributed by atoms with Gasteiger partial charge >= 0.3 is 5.97 Å². The van der Waals surface area contributed by atoms with Crippen LogP contribution in [0.4, 0.5) is 0 Å². The Hall–Kier alpha value is -0.650. The Morgan fingerprint density at radius 3 is 2.64 bits per heavy atom. The van der Waals surface area contributed by atoms with Crippen LogP contribution in [0.15, 0.2) is 0 Å². The van der Waals surface area contributed by atoms with Gasteiger partial charge in [0.05, 0.1) is 24.7 Å². The van der Waals surface area contributed by atoms with Gasteiger partial charge in [0, 0.05) is 0 Å². The van der Waals surface area contributed by atoms with E-state index in [0.717, 1.165) is 12.8 Å². The number of carbonyl (C=O) groups excluding carboxylic acids is 1. The van der Waals surface area contributed by atoms with Crippen LogP contribution in [0.2, 0.25) is 0 Å². The molecule has 0 aromatic rings. The van der Waals surface area contributed by atoms with Crippen molar-refractivity contribution in [2.45, 2.75) is 89.3 Å². The lowest BCUT2D eigenvalue weighted by molar-refractivity contribution is -0.304.